The molecule has 1 saturated heterocycles. The number of aliphatic hydroxyl groups excluding tert-OH is 1. The molecule has 86 valence electrons. The van der Waals surface area contributed by atoms with Gasteiger partial charge in [0.1, 0.15) is 0 Å². The maximum absolute atomic E-state index is 10.3. The van der Waals surface area contributed by atoms with E-state index < -0.39 is 5.97 Å². The second-order valence-corrected chi connectivity index (χ2v) is 3.92. The first-order chi connectivity index (χ1) is 7.24. The number of hydrogen-bond donors (Lipinski definition) is 2. The van der Waals surface area contributed by atoms with Crippen molar-refractivity contribution < 1.29 is 15.0 Å². The molecule has 4 heteroatoms. The van der Waals surface area contributed by atoms with Gasteiger partial charge < -0.3 is 10.2 Å². The summed E-state index contributed by atoms with van der Waals surface area (Å²) in [6.07, 6.45) is 7.32. The molecule has 0 aliphatic carbocycles. The van der Waals surface area contributed by atoms with Gasteiger partial charge in [0.15, 0.2) is 0 Å². The number of carbonyl (C=O) groups is 1. The molecule has 0 aromatic carbocycles. The Labute approximate surface area is 90.2 Å². The fourth-order valence-corrected chi connectivity index (χ4v) is 1.97. The number of likely N-dealkylation sites (tertiary alicyclic amines) is 1. The number of nitrogens with zero attached hydrogens (tertiary/aromatic N) is 1. The predicted molar refractivity (Wildman–Crippen MR) is 57.7 cm³/mol. The van der Waals surface area contributed by atoms with E-state index in [4.69, 9.17) is 5.11 Å². The lowest BCUT2D eigenvalue weighted by Crippen LogP contribution is -2.37. The van der Waals surface area contributed by atoms with Crippen molar-refractivity contribution in [2.45, 2.75) is 31.7 Å². The van der Waals surface area contributed by atoms with Gasteiger partial charge in [-0.15, -0.1) is 0 Å². The van der Waals surface area contributed by atoms with Crippen LogP contribution in [0.5, 0.6) is 0 Å². The first kappa shape index (κ1) is 12.2. The summed E-state index contributed by atoms with van der Waals surface area (Å²) in [5.74, 6) is -0.912. The third-order valence-electron chi connectivity index (χ3n) is 2.81. The highest BCUT2D eigenvalue weighted by molar-refractivity contribution is 5.79. The third kappa shape index (κ3) is 4.44. The van der Waals surface area contributed by atoms with E-state index in [-0.39, 0.29) is 12.6 Å². The Morgan fingerprint density at radius 2 is 2.20 bits per heavy atom. The van der Waals surface area contributed by atoms with Crippen molar-refractivity contribution in [3.8, 4) is 0 Å². The van der Waals surface area contributed by atoms with E-state index in [0.29, 0.717) is 6.54 Å². The molecule has 1 aliphatic heterocycles. The Hall–Kier alpha value is -0.870. The summed E-state index contributed by atoms with van der Waals surface area (Å²) in [7, 11) is 0. The Kier molecular flexibility index (Phi) is 5.36. The third-order valence-corrected chi connectivity index (χ3v) is 2.81. The normalized spacial score (nSPS) is 24.2. The number of aliphatic carboxylic acids is 1. The van der Waals surface area contributed by atoms with Gasteiger partial charge in [0.2, 0.25) is 0 Å². The van der Waals surface area contributed by atoms with Crippen LogP contribution in [0.1, 0.15) is 25.7 Å². The van der Waals surface area contributed by atoms with Gasteiger partial charge in [-0.05, 0) is 19.4 Å². The summed E-state index contributed by atoms with van der Waals surface area (Å²) >= 11 is 0. The molecule has 1 aliphatic rings. The van der Waals surface area contributed by atoms with Gasteiger partial charge in [0.25, 0.3) is 0 Å². The minimum Gasteiger partial charge on any atom is -0.478 e. The number of rotatable bonds is 4. The summed E-state index contributed by atoms with van der Waals surface area (Å²) in [6, 6.07) is 0.200. The minimum absolute atomic E-state index is 0.168. The van der Waals surface area contributed by atoms with Gasteiger partial charge in [-0.2, -0.15) is 0 Å². The van der Waals surface area contributed by atoms with E-state index in [2.05, 4.69) is 4.90 Å². The quantitative estimate of drug-likeness (QED) is 0.680. The van der Waals surface area contributed by atoms with Crippen molar-refractivity contribution >= 4 is 5.97 Å². The lowest BCUT2D eigenvalue weighted by molar-refractivity contribution is -0.131. The molecule has 0 spiro atoms. The fraction of sp³-hybridized carbons (Fsp3) is 0.727. The Morgan fingerprint density at radius 3 is 2.87 bits per heavy atom. The topological polar surface area (TPSA) is 60.8 Å². The zero-order valence-corrected chi connectivity index (χ0v) is 8.93. The lowest BCUT2D eigenvalue weighted by Gasteiger charge is -2.26. The average molecular weight is 213 g/mol. The first-order valence-corrected chi connectivity index (χ1v) is 5.48. The van der Waals surface area contributed by atoms with Crippen molar-refractivity contribution in [3.05, 3.63) is 12.2 Å². The van der Waals surface area contributed by atoms with Gasteiger partial charge in [0.05, 0.1) is 6.61 Å². The molecule has 0 bridgehead atoms. The van der Waals surface area contributed by atoms with Crippen LogP contribution in [0.2, 0.25) is 0 Å². The first-order valence-electron chi connectivity index (χ1n) is 5.48. The van der Waals surface area contributed by atoms with Crippen LogP contribution in [-0.4, -0.2) is 46.8 Å². The molecule has 1 fully saturated rings. The zero-order valence-electron chi connectivity index (χ0n) is 8.93. The SMILES string of the molecule is O=C(O)/C=C/CN1CCCCCC1CO. The number of hydrogen-bond acceptors (Lipinski definition) is 3. The standard InChI is InChI=1S/C11H19NO3/c13-9-10-5-2-1-3-7-12(10)8-4-6-11(14)15/h4,6,10,13H,1-3,5,7-9H2,(H,14,15)/b6-4+. The van der Waals surface area contributed by atoms with E-state index in [0.717, 1.165) is 25.8 Å². The summed E-state index contributed by atoms with van der Waals surface area (Å²) in [5, 5.41) is 17.7. The maximum atomic E-state index is 10.3. The van der Waals surface area contributed by atoms with Crippen molar-refractivity contribution in [2.24, 2.45) is 0 Å². The predicted octanol–water partition coefficient (Wildman–Crippen LogP) is 0.864. The summed E-state index contributed by atoms with van der Waals surface area (Å²) in [4.78, 5) is 12.5. The highest BCUT2D eigenvalue weighted by Gasteiger charge is 2.18. The Balaban J connectivity index is 2.44. The zero-order chi connectivity index (χ0) is 11.1. The molecule has 1 unspecified atom stereocenters. The van der Waals surface area contributed by atoms with Gasteiger partial charge in [-0.1, -0.05) is 18.9 Å². The van der Waals surface area contributed by atoms with E-state index >= 15 is 0 Å². The molecule has 15 heavy (non-hydrogen) atoms. The van der Waals surface area contributed by atoms with Crippen LogP contribution in [0.15, 0.2) is 12.2 Å². The molecule has 1 atom stereocenters. The van der Waals surface area contributed by atoms with Crippen LogP contribution in [0.3, 0.4) is 0 Å². The molecule has 0 amide bonds. The van der Waals surface area contributed by atoms with Crippen molar-refractivity contribution in [3.63, 3.8) is 0 Å². The molecule has 4 nitrogen and oxygen atoms in total. The average Bonchev–Trinajstić information content (AvgIpc) is 2.42. The highest BCUT2D eigenvalue weighted by atomic mass is 16.4. The monoisotopic (exact) mass is 213 g/mol. The Morgan fingerprint density at radius 1 is 1.40 bits per heavy atom. The van der Waals surface area contributed by atoms with E-state index in [1.807, 2.05) is 0 Å². The summed E-state index contributed by atoms with van der Waals surface area (Å²) in [6.45, 7) is 1.74. The van der Waals surface area contributed by atoms with Crippen LogP contribution < -0.4 is 0 Å². The van der Waals surface area contributed by atoms with E-state index in [1.165, 1.54) is 12.5 Å². The molecule has 1 heterocycles. The second kappa shape index (κ2) is 6.58. The molecule has 0 radical (unpaired) electrons. The van der Waals surface area contributed by atoms with Crippen LogP contribution >= 0.6 is 0 Å². The second-order valence-electron chi connectivity index (χ2n) is 3.92. The highest BCUT2D eigenvalue weighted by Crippen LogP contribution is 2.15. The van der Waals surface area contributed by atoms with Crippen LogP contribution in [0.4, 0.5) is 0 Å². The molecule has 0 saturated carbocycles. The smallest absolute Gasteiger partial charge is 0.328 e. The van der Waals surface area contributed by atoms with E-state index in [9.17, 15) is 9.90 Å². The maximum Gasteiger partial charge on any atom is 0.328 e. The van der Waals surface area contributed by atoms with Gasteiger partial charge in [-0.25, -0.2) is 4.79 Å². The molecule has 2 N–H and O–H groups in total. The van der Waals surface area contributed by atoms with E-state index in [1.54, 1.807) is 6.08 Å². The molecule has 1 rings (SSSR count). The molecule has 0 aromatic heterocycles. The van der Waals surface area contributed by atoms with Crippen LogP contribution in [0.25, 0.3) is 0 Å². The largest absolute Gasteiger partial charge is 0.478 e. The summed E-state index contributed by atoms with van der Waals surface area (Å²) < 4.78 is 0. The van der Waals surface area contributed by atoms with Gasteiger partial charge in [0, 0.05) is 18.7 Å². The minimum atomic E-state index is -0.912. The van der Waals surface area contributed by atoms with Gasteiger partial charge >= 0.3 is 5.97 Å². The van der Waals surface area contributed by atoms with Crippen molar-refractivity contribution in [1.82, 2.24) is 4.90 Å². The molecule has 0 aromatic rings. The van der Waals surface area contributed by atoms with Crippen LogP contribution in [-0.2, 0) is 4.79 Å². The number of carboxylic acid groups (broad SMARTS) is 1. The van der Waals surface area contributed by atoms with Crippen molar-refractivity contribution in [2.75, 3.05) is 19.7 Å². The lowest BCUT2D eigenvalue weighted by atomic mass is 10.1. The number of aliphatic hydroxyl groups is 1. The van der Waals surface area contributed by atoms with Gasteiger partial charge in [-0.3, -0.25) is 4.90 Å². The number of carboxylic acids is 1. The summed E-state index contributed by atoms with van der Waals surface area (Å²) in [5.41, 5.74) is 0. The molecular weight excluding hydrogens is 194 g/mol. The molecular formula is C11H19NO3. The Bertz CT molecular complexity index is 228. The van der Waals surface area contributed by atoms with Crippen molar-refractivity contribution in [1.29, 1.82) is 0 Å². The fourth-order valence-electron chi connectivity index (χ4n) is 1.97. The van der Waals surface area contributed by atoms with Crippen LogP contribution in [0, 0.1) is 0 Å².